The highest BCUT2D eigenvalue weighted by Gasteiger charge is 2.21. The third kappa shape index (κ3) is 4.17. The molecule has 1 heterocycles. The molecule has 0 aliphatic carbocycles. The van der Waals surface area contributed by atoms with Crippen LogP contribution in [0.4, 0.5) is 5.00 Å². The van der Waals surface area contributed by atoms with Gasteiger partial charge in [-0.3, -0.25) is 0 Å². The fourth-order valence-corrected chi connectivity index (χ4v) is 3.01. The van der Waals surface area contributed by atoms with Crippen LogP contribution in [0.1, 0.15) is 17.3 Å². The van der Waals surface area contributed by atoms with Crippen molar-refractivity contribution in [2.75, 3.05) is 19.0 Å². The van der Waals surface area contributed by atoms with Crippen molar-refractivity contribution >= 4 is 22.3 Å². The molecule has 25 heavy (non-hydrogen) atoms. The van der Waals surface area contributed by atoms with Crippen molar-refractivity contribution in [3.05, 3.63) is 47.0 Å². The van der Waals surface area contributed by atoms with Crippen molar-refractivity contribution in [1.29, 1.82) is 10.5 Å². The van der Waals surface area contributed by atoms with Gasteiger partial charge < -0.3 is 14.8 Å². The van der Waals surface area contributed by atoms with Gasteiger partial charge in [0.1, 0.15) is 34.0 Å². The van der Waals surface area contributed by atoms with Crippen molar-refractivity contribution < 1.29 is 14.3 Å². The quantitative estimate of drug-likeness (QED) is 0.624. The summed E-state index contributed by atoms with van der Waals surface area (Å²) in [6.45, 7) is 1.97. The fourth-order valence-electron chi connectivity index (χ4n) is 2.08. The maximum atomic E-state index is 12.4. The number of methoxy groups -OCH3 is 1. The van der Waals surface area contributed by atoms with Crippen LogP contribution in [-0.2, 0) is 4.74 Å². The Labute approximate surface area is 149 Å². The minimum atomic E-state index is -0.471. The standard InChI is InChI=1S/C18H15N3O3S/c1-3-24-18(22)16-15(13-4-6-14(23-2)7-5-13)11-25-17(16)21-10-12(8-19)9-20/h4-7,10-11,21H,3H2,1-2H3. The van der Waals surface area contributed by atoms with E-state index in [0.29, 0.717) is 21.9 Å². The minimum absolute atomic E-state index is 0.0887. The van der Waals surface area contributed by atoms with Gasteiger partial charge in [-0.25, -0.2) is 4.79 Å². The summed E-state index contributed by atoms with van der Waals surface area (Å²) in [5.74, 6) is 0.242. The van der Waals surface area contributed by atoms with Crippen LogP contribution in [0.3, 0.4) is 0 Å². The Morgan fingerprint density at radius 3 is 2.52 bits per heavy atom. The highest BCUT2D eigenvalue weighted by atomic mass is 32.1. The molecule has 0 spiro atoms. The van der Waals surface area contributed by atoms with Crippen LogP contribution in [0.5, 0.6) is 5.75 Å². The molecule has 0 fully saturated rings. The largest absolute Gasteiger partial charge is 0.497 e. The van der Waals surface area contributed by atoms with E-state index < -0.39 is 5.97 Å². The van der Waals surface area contributed by atoms with Crippen LogP contribution >= 0.6 is 11.3 Å². The molecular formula is C18H15N3O3S. The number of thiophene rings is 1. The summed E-state index contributed by atoms with van der Waals surface area (Å²) in [7, 11) is 1.58. The molecular weight excluding hydrogens is 338 g/mol. The molecule has 0 saturated carbocycles. The van der Waals surface area contributed by atoms with Crippen LogP contribution in [0.15, 0.2) is 41.4 Å². The van der Waals surface area contributed by atoms with Gasteiger partial charge in [-0.05, 0) is 24.6 Å². The van der Waals surface area contributed by atoms with Crippen LogP contribution < -0.4 is 10.1 Å². The molecule has 0 unspecified atom stereocenters. The lowest BCUT2D eigenvalue weighted by molar-refractivity contribution is 0.0529. The number of esters is 1. The topological polar surface area (TPSA) is 95.1 Å². The molecule has 0 aliphatic rings. The number of benzene rings is 1. The first-order chi connectivity index (χ1) is 12.1. The average molecular weight is 353 g/mol. The number of rotatable bonds is 6. The SMILES string of the molecule is CCOC(=O)c1c(-c2ccc(OC)cc2)csc1NC=C(C#N)C#N. The van der Waals surface area contributed by atoms with Crippen molar-refractivity contribution in [2.45, 2.75) is 6.92 Å². The Hall–Kier alpha value is -3.29. The van der Waals surface area contributed by atoms with Gasteiger partial charge in [0.25, 0.3) is 0 Å². The Bertz CT molecular complexity index is 854. The lowest BCUT2D eigenvalue weighted by Gasteiger charge is -2.08. The van der Waals surface area contributed by atoms with E-state index in [4.69, 9.17) is 20.0 Å². The molecule has 1 aromatic heterocycles. The fraction of sp³-hybridized carbons (Fsp3) is 0.167. The second-order valence-corrected chi connectivity index (χ2v) is 5.61. The van der Waals surface area contributed by atoms with Crippen molar-refractivity contribution in [3.8, 4) is 29.0 Å². The average Bonchev–Trinajstić information content (AvgIpc) is 3.07. The van der Waals surface area contributed by atoms with Gasteiger partial charge in [-0.15, -0.1) is 11.3 Å². The van der Waals surface area contributed by atoms with E-state index in [1.807, 2.05) is 17.5 Å². The maximum Gasteiger partial charge on any atom is 0.341 e. The molecule has 1 N–H and O–H groups in total. The van der Waals surface area contributed by atoms with Crippen LogP contribution in [0, 0.1) is 22.7 Å². The second-order valence-electron chi connectivity index (χ2n) is 4.73. The number of hydrogen-bond acceptors (Lipinski definition) is 7. The van der Waals surface area contributed by atoms with Gasteiger partial charge in [0.15, 0.2) is 0 Å². The highest BCUT2D eigenvalue weighted by Crippen LogP contribution is 2.36. The van der Waals surface area contributed by atoms with Gasteiger partial charge in [0, 0.05) is 17.1 Å². The zero-order chi connectivity index (χ0) is 18.2. The molecule has 0 atom stereocenters. The van der Waals surface area contributed by atoms with Gasteiger partial charge in [0.05, 0.1) is 13.7 Å². The Balaban J connectivity index is 2.46. The number of nitrogens with zero attached hydrogens (tertiary/aromatic N) is 2. The normalized spacial score (nSPS) is 9.44. The number of carbonyl (C=O) groups is 1. The summed E-state index contributed by atoms with van der Waals surface area (Å²) in [6.07, 6.45) is 1.27. The van der Waals surface area contributed by atoms with E-state index in [2.05, 4.69) is 5.32 Å². The highest BCUT2D eigenvalue weighted by molar-refractivity contribution is 7.15. The van der Waals surface area contributed by atoms with Crippen molar-refractivity contribution in [1.82, 2.24) is 0 Å². The van der Waals surface area contributed by atoms with Gasteiger partial charge in [0.2, 0.25) is 0 Å². The lowest BCUT2D eigenvalue weighted by Crippen LogP contribution is -2.07. The molecule has 0 amide bonds. The van der Waals surface area contributed by atoms with E-state index in [0.717, 1.165) is 5.56 Å². The predicted molar refractivity (Wildman–Crippen MR) is 95.2 cm³/mol. The van der Waals surface area contributed by atoms with Gasteiger partial charge in [-0.1, -0.05) is 12.1 Å². The molecule has 0 saturated heterocycles. The van der Waals surface area contributed by atoms with E-state index in [1.165, 1.54) is 17.5 Å². The van der Waals surface area contributed by atoms with E-state index >= 15 is 0 Å². The number of nitrogens with one attached hydrogen (secondary N) is 1. The number of hydrogen-bond donors (Lipinski definition) is 1. The summed E-state index contributed by atoms with van der Waals surface area (Å²) in [4.78, 5) is 12.4. The Morgan fingerprint density at radius 1 is 1.28 bits per heavy atom. The molecule has 2 aromatic rings. The number of allylic oxidation sites excluding steroid dienone is 1. The van der Waals surface area contributed by atoms with E-state index in [-0.39, 0.29) is 12.2 Å². The summed E-state index contributed by atoms with van der Waals surface area (Å²) in [6, 6.07) is 10.8. The van der Waals surface area contributed by atoms with E-state index in [1.54, 1.807) is 38.3 Å². The number of ether oxygens (including phenoxy) is 2. The first kappa shape index (κ1) is 18.1. The molecule has 6 nitrogen and oxygen atoms in total. The number of carbonyl (C=O) groups excluding carboxylic acids is 1. The number of nitriles is 2. The summed E-state index contributed by atoms with van der Waals surface area (Å²) < 4.78 is 10.3. The van der Waals surface area contributed by atoms with Crippen LogP contribution in [0.25, 0.3) is 11.1 Å². The third-order valence-electron chi connectivity index (χ3n) is 3.26. The summed E-state index contributed by atoms with van der Waals surface area (Å²) in [5, 5.41) is 22.8. The lowest BCUT2D eigenvalue weighted by atomic mass is 10.0. The molecule has 0 radical (unpaired) electrons. The summed E-state index contributed by atoms with van der Waals surface area (Å²) >= 11 is 1.29. The Morgan fingerprint density at radius 2 is 1.96 bits per heavy atom. The molecule has 126 valence electrons. The van der Waals surface area contributed by atoms with Crippen LogP contribution in [0.2, 0.25) is 0 Å². The first-order valence-corrected chi connectivity index (χ1v) is 8.22. The molecule has 0 bridgehead atoms. The summed E-state index contributed by atoms with van der Waals surface area (Å²) in [5.41, 5.74) is 1.81. The second kappa shape index (κ2) is 8.53. The smallest absolute Gasteiger partial charge is 0.341 e. The van der Waals surface area contributed by atoms with Gasteiger partial charge >= 0.3 is 5.97 Å². The predicted octanol–water partition coefficient (Wildman–Crippen LogP) is 3.94. The first-order valence-electron chi connectivity index (χ1n) is 7.34. The van der Waals surface area contributed by atoms with E-state index in [9.17, 15) is 4.79 Å². The monoisotopic (exact) mass is 353 g/mol. The zero-order valence-corrected chi connectivity index (χ0v) is 14.5. The Kier molecular flexibility index (Phi) is 6.16. The molecule has 0 aliphatic heterocycles. The zero-order valence-electron chi connectivity index (χ0n) is 13.7. The molecule has 1 aromatic carbocycles. The van der Waals surface area contributed by atoms with Crippen LogP contribution in [-0.4, -0.2) is 19.7 Å². The third-order valence-corrected chi connectivity index (χ3v) is 4.17. The van der Waals surface area contributed by atoms with Crippen molar-refractivity contribution in [3.63, 3.8) is 0 Å². The molecule has 2 rings (SSSR count). The molecule has 7 heteroatoms. The number of anilines is 1. The maximum absolute atomic E-state index is 12.4. The van der Waals surface area contributed by atoms with Gasteiger partial charge in [-0.2, -0.15) is 10.5 Å². The van der Waals surface area contributed by atoms with Crippen molar-refractivity contribution in [2.24, 2.45) is 0 Å². The minimum Gasteiger partial charge on any atom is -0.497 e.